The van der Waals surface area contributed by atoms with Gasteiger partial charge in [-0.05, 0) is 18.8 Å². The van der Waals surface area contributed by atoms with Gasteiger partial charge in [0.2, 0.25) is 0 Å². The summed E-state index contributed by atoms with van der Waals surface area (Å²) in [6.45, 7) is 8.47. The SMILES string of the molecule is C=CC(=O)OCC(CCCCCC)CCCCCC. The number of hydrogen-bond acceptors (Lipinski definition) is 2. The molecular weight excluding hydrogens is 236 g/mol. The molecule has 0 saturated heterocycles. The minimum Gasteiger partial charge on any atom is -0.462 e. The van der Waals surface area contributed by atoms with Crippen LogP contribution in [-0.2, 0) is 9.53 Å². The minimum absolute atomic E-state index is 0.285. The molecule has 2 nitrogen and oxygen atoms in total. The van der Waals surface area contributed by atoms with Gasteiger partial charge in [-0.25, -0.2) is 4.79 Å². The Labute approximate surface area is 119 Å². The van der Waals surface area contributed by atoms with Gasteiger partial charge in [0.15, 0.2) is 0 Å². The smallest absolute Gasteiger partial charge is 0.330 e. The van der Waals surface area contributed by atoms with Crippen molar-refractivity contribution in [2.75, 3.05) is 6.61 Å². The molecule has 0 spiro atoms. The van der Waals surface area contributed by atoms with Crippen molar-refractivity contribution in [3.8, 4) is 0 Å². The Bertz CT molecular complexity index is 211. The molecule has 0 bridgehead atoms. The van der Waals surface area contributed by atoms with Gasteiger partial charge in [0.1, 0.15) is 0 Å². The fourth-order valence-electron chi connectivity index (χ4n) is 2.29. The summed E-state index contributed by atoms with van der Waals surface area (Å²) in [5.41, 5.74) is 0. The Morgan fingerprint density at radius 1 is 1.00 bits per heavy atom. The Balaban J connectivity index is 3.84. The van der Waals surface area contributed by atoms with Crippen LogP contribution in [0.25, 0.3) is 0 Å². The average molecular weight is 268 g/mol. The molecule has 0 aromatic carbocycles. The van der Waals surface area contributed by atoms with Crippen molar-refractivity contribution in [3.63, 3.8) is 0 Å². The monoisotopic (exact) mass is 268 g/mol. The van der Waals surface area contributed by atoms with E-state index in [9.17, 15) is 4.79 Å². The largest absolute Gasteiger partial charge is 0.462 e. The first-order valence-corrected chi connectivity index (χ1v) is 8.03. The first kappa shape index (κ1) is 18.2. The number of ether oxygens (including phenoxy) is 1. The second-order valence-corrected chi connectivity index (χ2v) is 5.40. The van der Waals surface area contributed by atoms with E-state index in [0.717, 1.165) is 0 Å². The fourth-order valence-corrected chi connectivity index (χ4v) is 2.29. The summed E-state index contributed by atoms with van der Waals surface area (Å²) in [5.74, 6) is 0.254. The Kier molecular flexibility index (Phi) is 13.1. The van der Waals surface area contributed by atoms with Crippen LogP contribution in [0.15, 0.2) is 12.7 Å². The van der Waals surface area contributed by atoms with Crippen molar-refractivity contribution in [2.24, 2.45) is 5.92 Å². The molecule has 0 heterocycles. The number of carbonyl (C=O) groups excluding carboxylic acids is 1. The van der Waals surface area contributed by atoms with Crippen molar-refractivity contribution in [1.82, 2.24) is 0 Å². The lowest BCUT2D eigenvalue weighted by Gasteiger charge is -2.16. The van der Waals surface area contributed by atoms with Crippen LogP contribution in [0.5, 0.6) is 0 Å². The highest BCUT2D eigenvalue weighted by molar-refractivity contribution is 5.81. The van der Waals surface area contributed by atoms with E-state index in [-0.39, 0.29) is 5.97 Å². The van der Waals surface area contributed by atoms with Gasteiger partial charge in [0, 0.05) is 6.08 Å². The fraction of sp³-hybridized carbons (Fsp3) is 0.824. The summed E-state index contributed by atoms with van der Waals surface area (Å²) >= 11 is 0. The van der Waals surface area contributed by atoms with E-state index in [1.54, 1.807) is 0 Å². The quantitative estimate of drug-likeness (QED) is 0.258. The van der Waals surface area contributed by atoms with Crippen LogP contribution in [0.3, 0.4) is 0 Å². The van der Waals surface area contributed by atoms with Gasteiger partial charge in [-0.1, -0.05) is 71.8 Å². The van der Waals surface area contributed by atoms with Gasteiger partial charge in [-0.15, -0.1) is 0 Å². The molecule has 0 fully saturated rings. The molecule has 0 unspecified atom stereocenters. The second-order valence-electron chi connectivity index (χ2n) is 5.40. The predicted octanol–water partition coefficient (Wildman–Crippen LogP) is 5.27. The third kappa shape index (κ3) is 12.0. The molecule has 2 heteroatoms. The topological polar surface area (TPSA) is 26.3 Å². The van der Waals surface area contributed by atoms with Gasteiger partial charge in [-0.2, -0.15) is 0 Å². The van der Waals surface area contributed by atoms with E-state index in [2.05, 4.69) is 20.4 Å². The van der Waals surface area contributed by atoms with E-state index in [1.807, 2.05) is 0 Å². The number of esters is 1. The maximum Gasteiger partial charge on any atom is 0.330 e. The second kappa shape index (κ2) is 13.6. The normalized spacial score (nSPS) is 10.7. The molecule has 0 atom stereocenters. The Morgan fingerprint density at radius 2 is 1.53 bits per heavy atom. The van der Waals surface area contributed by atoms with Crippen LogP contribution in [0.4, 0.5) is 0 Å². The van der Waals surface area contributed by atoms with Crippen LogP contribution in [0.2, 0.25) is 0 Å². The van der Waals surface area contributed by atoms with Crippen LogP contribution in [0, 0.1) is 5.92 Å². The number of rotatable bonds is 13. The zero-order valence-electron chi connectivity index (χ0n) is 13.0. The molecule has 0 radical (unpaired) electrons. The van der Waals surface area contributed by atoms with Gasteiger partial charge in [0.05, 0.1) is 6.61 Å². The standard InChI is InChI=1S/C17H32O2/c1-4-7-9-11-13-16(14-12-10-8-5-2)15-19-17(18)6-3/h6,16H,3-5,7-15H2,1-2H3. The highest BCUT2D eigenvalue weighted by Gasteiger charge is 2.10. The van der Waals surface area contributed by atoms with Crippen LogP contribution in [0.1, 0.15) is 78.1 Å². The lowest BCUT2D eigenvalue weighted by molar-refractivity contribution is -0.139. The first-order chi connectivity index (χ1) is 9.24. The molecule has 0 aliphatic carbocycles. The Hall–Kier alpha value is -0.790. The first-order valence-electron chi connectivity index (χ1n) is 8.03. The van der Waals surface area contributed by atoms with Crippen molar-refractivity contribution < 1.29 is 9.53 Å². The summed E-state index contributed by atoms with van der Waals surface area (Å²) < 4.78 is 5.21. The van der Waals surface area contributed by atoms with Crippen molar-refractivity contribution >= 4 is 5.97 Å². The molecule has 0 rings (SSSR count). The summed E-state index contributed by atoms with van der Waals surface area (Å²) in [7, 11) is 0. The Morgan fingerprint density at radius 3 is 1.95 bits per heavy atom. The van der Waals surface area contributed by atoms with Gasteiger partial charge >= 0.3 is 5.97 Å². The van der Waals surface area contributed by atoms with Crippen LogP contribution in [-0.4, -0.2) is 12.6 Å². The van der Waals surface area contributed by atoms with E-state index in [0.29, 0.717) is 12.5 Å². The van der Waals surface area contributed by atoms with E-state index in [1.165, 1.54) is 70.3 Å². The summed E-state index contributed by atoms with van der Waals surface area (Å²) in [4.78, 5) is 11.1. The zero-order chi connectivity index (χ0) is 14.3. The van der Waals surface area contributed by atoms with E-state index >= 15 is 0 Å². The summed E-state index contributed by atoms with van der Waals surface area (Å²) in [6, 6.07) is 0. The molecule has 0 aliphatic rings. The minimum atomic E-state index is -0.285. The molecule has 0 saturated carbocycles. The van der Waals surface area contributed by atoms with Crippen molar-refractivity contribution in [1.29, 1.82) is 0 Å². The molecule has 0 aromatic rings. The van der Waals surface area contributed by atoms with E-state index in [4.69, 9.17) is 4.74 Å². The van der Waals surface area contributed by atoms with Crippen LogP contribution >= 0.6 is 0 Å². The summed E-state index contributed by atoms with van der Waals surface area (Å²) in [6.07, 6.45) is 13.9. The molecule has 0 N–H and O–H groups in total. The molecule has 0 aromatic heterocycles. The third-order valence-electron chi connectivity index (χ3n) is 3.56. The number of hydrogen-bond donors (Lipinski definition) is 0. The maximum atomic E-state index is 11.1. The summed E-state index contributed by atoms with van der Waals surface area (Å²) in [5, 5.41) is 0. The molecule has 19 heavy (non-hydrogen) atoms. The van der Waals surface area contributed by atoms with Crippen molar-refractivity contribution in [2.45, 2.75) is 78.1 Å². The molecule has 0 amide bonds. The highest BCUT2D eigenvalue weighted by Crippen LogP contribution is 2.19. The van der Waals surface area contributed by atoms with Gasteiger partial charge < -0.3 is 4.74 Å². The predicted molar refractivity (Wildman–Crippen MR) is 82.2 cm³/mol. The third-order valence-corrected chi connectivity index (χ3v) is 3.56. The lowest BCUT2D eigenvalue weighted by atomic mass is 9.95. The van der Waals surface area contributed by atoms with Gasteiger partial charge in [-0.3, -0.25) is 0 Å². The molecule has 0 aliphatic heterocycles. The highest BCUT2D eigenvalue weighted by atomic mass is 16.5. The lowest BCUT2D eigenvalue weighted by Crippen LogP contribution is -2.13. The van der Waals surface area contributed by atoms with Crippen LogP contribution < -0.4 is 0 Å². The number of unbranched alkanes of at least 4 members (excludes halogenated alkanes) is 6. The maximum absolute atomic E-state index is 11.1. The zero-order valence-corrected chi connectivity index (χ0v) is 13.0. The average Bonchev–Trinajstić information content (AvgIpc) is 2.44. The van der Waals surface area contributed by atoms with Gasteiger partial charge in [0.25, 0.3) is 0 Å². The molecule has 112 valence electrons. The molecular formula is C17H32O2. The van der Waals surface area contributed by atoms with E-state index < -0.39 is 0 Å². The van der Waals surface area contributed by atoms with Crippen molar-refractivity contribution in [3.05, 3.63) is 12.7 Å². The number of carbonyl (C=O) groups is 1.